The number of hydrogen-bond acceptors (Lipinski definition) is 9. The van der Waals surface area contributed by atoms with Gasteiger partial charge in [-0.15, -0.1) is 0 Å². The fourth-order valence-electron chi connectivity index (χ4n) is 4.97. The number of aliphatic hydroxyl groups excluding tert-OH is 2. The van der Waals surface area contributed by atoms with Gasteiger partial charge in [0.15, 0.2) is 6.10 Å². The third-order valence-electron chi connectivity index (χ3n) is 8.14. The van der Waals surface area contributed by atoms with Crippen molar-refractivity contribution in [2.24, 2.45) is 0 Å². The van der Waals surface area contributed by atoms with Crippen LogP contribution in [0.3, 0.4) is 0 Å². The molecular formula is C42H73O10P. The first-order chi connectivity index (χ1) is 25.7. The van der Waals surface area contributed by atoms with Crippen LogP contribution in [0.2, 0.25) is 0 Å². The lowest BCUT2D eigenvalue weighted by Gasteiger charge is -2.20. The molecule has 53 heavy (non-hydrogen) atoms. The van der Waals surface area contributed by atoms with Crippen molar-refractivity contribution in [1.82, 2.24) is 0 Å². The predicted molar refractivity (Wildman–Crippen MR) is 214 cm³/mol. The van der Waals surface area contributed by atoms with Crippen LogP contribution in [-0.2, 0) is 32.7 Å². The summed E-state index contributed by atoms with van der Waals surface area (Å²) < 4.78 is 32.6. The van der Waals surface area contributed by atoms with Gasteiger partial charge < -0.3 is 24.6 Å². The molecule has 0 saturated carbocycles. The van der Waals surface area contributed by atoms with E-state index in [1.165, 1.54) is 38.5 Å². The maximum absolute atomic E-state index is 12.6. The van der Waals surface area contributed by atoms with Crippen molar-refractivity contribution in [3.63, 3.8) is 0 Å². The van der Waals surface area contributed by atoms with E-state index in [1.54, 1.807) is 0 Å². The van der Waals surface area contributed by atoms with Gasteiger partial charge in [-0.2, -0.15) is 0 Å². The third-order valence-corrected chi connectivity index (χ3v) is 9.10. The molecule has 0 aromatic rings. The molecule has 3 atom stereocenters. The van der Waals surface area contributed by atoms with Crippen LogP contribution in [0.25, 0.3) is 0 Å². The molecule has 0 heterocycles. The summed E-state index contributed by atoms with van der Waals surface area (Å²) in [6.07, 6.45) is 40.4. The third kappa shape index (κ3) is 37.8. The SMILES string of the molecule is CCCCC/C=C/C/C=C/C/C=C/CCCCC(=O)OC[C@H](COP(=O)(O)OC[C@@H](O)CO)OC(=O)CCCCCCC/C=C/C/C=C/CCCCC. The minimum Gasteiger partial charge on any atom is -0.462 e. The van der Waals surface area contributed by atoms with Gasteiger partial charge in [-0.25, -0.2) is 4.57 Å². The Bertz CT molecular complexity index is 1070. The quantitative estimate of drug-likeness (QED) is 0.0241. The molecule has 0 spiro atoms. The molecule has 0 bridgehead atoms. The number of aliphatic hydroxyl groups is 2. The van der Waals surface area contributed by atoms with Gasteiger partial charge in [0, 0.05) is 12.8 Å². The molecule has 10 nitrogen and oxygen atoms in total. The number of esters is 2. The second kappa shape index (κ2) is 38.0. The van der Waals surface area contributed by atoms with Crippen LogP contribution in [0.4, 0.5) is 0 Å². The van der Waals surface area contributed by atoms with Gasteiger partial charge in [0.05, 0.1) is 19.8 Å². The molecule has 0 aliphatic carbocycles. The lowest BCUT2D eigenvalue weighted by Crippen LogP contribution is -2.29. The topological polar surface area (TPSA) is 149 Å². The van der Waals surface area contributed by atoms with Crippen LogP contribution in [0.1, 0.15) is 155 Å². The summed E-state index contributed by atoms with van der Waals surface area (Å²) in [5.41, 5.74) is 0. The Balaban J connectivity index is 4.45. The van der Waals surface area contributed by atoms with Crippen LogP contribution in [-0.4, -0.2) is 65.7 Å². The first-order valence-electron chi connectivity index (χ1n) is 20.2. The molecule has 0 aliphatic heterocycles. The molecule has 3 N–H and O–H groups in total. The Morgan fingerprint density at radius 1 is 0.566 bits per heavy atom. The molecule has 0 radical (unpaired) electrons. The summed E-state index contributed by atoms with van der Waals surface area (Å²) in [7, 11) is -4.63. The van der Waals surface area contributed by atoms with Crippen LogP contribution in [0.15, 0.2) is 60.8 Å². The fourth-order valence-corrected chi connectivity index (χ4v) is 5.76. The van der Waals surface area contributed by atoms with Crippen LogP contribution < -0.4 is 0 Å². The average Bonchev–Trinajstić information content (AvgIpc) is 3.14. The smallest absolute Gasteiger partial charge is 0.462 e. The second-order valence-corrected chi connectivity index (χ2v) is 14.8. The second-order valence-electron chi connectivity index (χ2n) is 13.3. The minimum atomic E-state index is -4.63. The summed E-state index contributed by atoms with van der Waals surface area (Å²) in [6, 6.07) is 0. The predicted octanol–water partition coefficient (Wildman–Crippen LogP) is 10.3. The molecule has 0 aromatic carbocycles. The van der Waals surface area contributed by atoms with Crippen LogP contribution >= 0.6 is 7.82 Å². The first kappa shape index (κ1) is 50.7. The van der Waals surface area contributed by atoms with E-state index in [4.69, 9.17) is 19.1 Å². The number of hydrogen-bond donors (Lipinski definition) is 3. The number of rotatable bonds is 37. The maximum atomic E-state index is 12.6. The highest BCUT2D eigenvalue weighted by Gasteiger charge is 2.27. The monoisotopic (exact) mass is 768 g/mol. The zero-order valence-corrected chi connectivity index (χ0v) is 33.9. The van der Waals surface area contributed by atoms with Crippen LogP contribution in [0, 0.1) is 0 Å². The standard InChI is InChI=1S/C42H73O10P/c1-3-5-7-9-11-13-15-17-19-21-23-25-27-29-31-33-41(45)49-37-40(38-51-53(47,48)50-36-39(44)35-43)52-42(46)34-32-30-28-26-24-22-20-18-16-14-12-10-8-6-4-2/h11-14,17-20,23,25,39-40,43-44H,3-10,15-16,21-22,24,26-38H2,1-2H3,(H,47,48)/b13-11+,14-12+,19-17+,20-18+,25-23+/t39-,40+/m0/s1. The molecule has 0 amide bonds. The van der Waals surface area contributed by atoms with E-state index in [1.807, 2.05) is 0 Å². The number of ether oxygens (including phenoxy) is 2. The molecule has 0 saturated heterocycles. The average molecular weight is 769 g/mol. The minimum absolute atomic E-state index is 0.157. The van der Waals surface area contributed by atoms with Crippen LogP contribution in [0.5, 0.6) is 0 Å². The summed E-state index contributed by atoms with van der Waals surface area (Å²) >= 11 is 0. The van der Waals surface area contributed by atoms with Crippen molar-refractivity contribution in [3.05, 3.63) is 60.8 Å². The van der Waals surface area contributed by atoms with Crippen molar-refractivity contribution in [2.75, 3.05) is 26.4 Å². The van der Waals surface area contributed by atoms with Gasteiger partial charge in [-0.1, -0.05) is 120 Å². The number of phosphoric acid groups is 1. The number of carbonyl (C=O) groups excluding carboxylic acids is 2. The lowest BCUT2D eigenvalue weighted by molar-refractivity contribution is -0.161. The largest absolute Gasteiger partial charge is 0.472 e. The van der Waals surface area contributed by atoms with Gasteiger partial charge in [0.25, 0.3) is 0 Å². The highest BCUT2D eigenvalue weighted by atomic mass is 31.2. The number of unbranched alkanes of at least 4 members (excludes halogenated alkanes) is 13. The fraction of sp³-hybridized carbons (Fsp3) is 0.714. The van der Waals surface area contributed by atoms with Crippen molar-refractivity contribution in [3.8, 4) is 0 Å². The van der Waals surface area contributed by atoms with E-state index in [0.717, 1.165) is 77.0 Å². The molecule has 0 aliphatic rings. The van der Waals surface area contributed by atoms with Crippen molar-refractivity contribution in [1.29, 1.82) is 0 Å². The maximum Gasteiger partial charge on any atom is 0.472 e. The Labute approximate surface area is 321 Å². The number of carbonyl (C=O) groups is 2. The van der Waals surface area contributed by atoms with E-state index >= 15 is 0 Å². The normalized spacial score (nSPS) is 14.6. The van der Waals surface area contributed by atoms with Crippen molar-refractivity contribution >= 4 is 19.8 Å². The first-order valence-corrected chi connectivity index (χ1v) is 21.7. The number of allylic oxidation sites excluding steroid dienone is 10. The van der Waals surface area contributed by atoms with E-state index < -0.39 is 51.8 Å². The summed E-state index contributed by atoms with van der Waals surface area (Å²) in [5.74, 6) is -0.992. The molecule has 0 fully saturated rings. The van der Waals surface area contributed by atoms with Gasteiger partial charge >= 0.3 is 19.8 Å². The molecule has 0 rings (SSSR count). The summed E-state index contributed by atoms with van der Waals surface area (Å²) in [5, 5.41) is 18.3. The highest BCUT2D eigenvalue weighted by Crippen LogP contribution is 2.43. The molecule has 11 heteroatoms. The van der Waals surface area contributed by atoms with Gasteiger partial charge in [0.1, 0.15) is 12.7 Å². The summed E-state index contributed by atoms with van der Waals surface area (Å²) in [4.78, 5) is 34.9. The Morgan fingerprint density at radius 3 is 1.51 bits per heavy atom. The summed E-state index contributed by atoms with van der Waals surface area (Å²) in [6.45, 7) is 2.24. The zero-order chi connectivity index (χ0) is 39.1. The Kier molecular flexibility index (Phi) is 36.3. The van der Waals surface area contributed by atoms with E-state index in [2.05, 4.69) is 79.1 Å². The zero-order valence-electron chi connectivity index (χ0n) is 33.0. The Hall–Kier alpha value is -2.33. The van der Waals surface area contributed by atoms with E-state index in [0.29, 0.717) is 12.8 Å². The van der Waals surface area contributed by atoms with E-state index in [-0.39, 0.29) is 19.4 Å². The highest BCUT2D eigenvalue weighted by molar-refractivity contribution is 7.47. The number of phosphoric ester groups is 1. The molecule has 0 aromatic heterocycles. The van der Waals surface area contributed by atoms with Gasteiger partial charge in [-0.05, 0) is 83.5 Å². The van der Waals surface area contributed by atoms with Gasteiger partial charge in [-0.3, -0.25) is 18.6 Å². The van der Waals surface area contributed by atoms with Gasteiger partial charge in [0.2, 0.25) is 0 Å². The Morgan fingerprint density at radius 2 is 0.981 bits per heavy atom. The molecule has 1 unspecified atom stereocenters. The van der Waals surface area contributed by atoms with Crippen molar-refractivity contribution in [2.45, 2.75) is 167 Å². The molecule has 306 valence electrons. The molecular weight excluding hydrogens is 695 g/mol. The van der Waals surface area contributed by atoms with Crippen molar-refractivity contribution < 1.29 is 47.8 Å². The van der Waals surface area contributed by atoms with E-state index in [9.17, 15) is 24.2 Å². The lowest BCUT2D eigenvalue weighted by atomic mass is 10.1.